The minimum atomic E-state index is -0.554. The summed E-state index contributed by atoms with van der Waals surface area (Å²) < 4.78 is 11.8. The van der Waals surface area contributed by atoms with Crippen molar-refractivity contribution in [3.8, 4) is 17.2 Å². The van der Waals surface area contributed by atoms with E-state index in [2.05, 4.69) is 71.6 Å². The molecule has 9 nitrogen and oxygen atoms in total. The minimum Gasteiger partial charge on any atom is -1.00 e. The van der Waals surface area contributed by atoms with Crippen molar-refractivity contribution in [2.24, 2.45) is 5.92 Å². The van der Waals surface area contributed by atoms with Gasteiger partial charge in [-0.15, -0.1) is 0 Å². The van der Waals surface area contributed by atoms with Gasteiger partial charge in [-0.25, -0.2) is 0 Å². The van der Waals surface area contributed by atoms with Crippen LogP contribution in [0.1, 0.15) is 54.2 Å². The van der Waals surface area contributed by atoms with Crippen molar-refractivity contribution in [3.63, 3.8) is 0 Å². The standard InChI is InChI=1S/C18H21NO3.C16H19ClN2.C9H13NO2.K.H/c1-19-8-7-18-11-4-5-13(20)17(18)22-16-14(21-2)6-3-10(15(16)18)9-12(11)19;1-19(2)12-10-15(16-5-3-4-11-18-16)13-6-8-14(17)9-7-13;1-10-6-9(12)7-3-2-4-8(11)5-7;;/h3-6,11-13,17,20H,7-9H2,1-2H3;3-9,11,15H,10,12H2,1-2H3;2-5,9-12H,6H2,1H3;;/q;;;+1;-1/t11-,12+,13-,17-,18-;;9-;;/m0.0../s1. The summed E-state index contributed by atoms with van der Waals surface area (Å²) >= 11 is 5.97. The normalized spacial score (nSPS) is 24.0. The Morgan fingerprint density at radius 2 is 1.85 bits per heavy atom. The molecule has 1 aromatic heterocycles. The van der Waals surface area contributed by atoms with Crippen LogP contribution in [0.4, 0.5) is 0 Å². The number of hydrogen-bond donors (Lipinski definition) is 4. The molecule has 8 rings (SSSR count). The molecule has 284 valence electrons. The summed E-state index contributed by atoms with van der Waals surface area (Å²) in [5.74, 6) is 2.59. The molecule has 4 aliphatic rings. The molecule has 3 aromatic carbocycles. The van der Waals surface area contributed by atoms with E-state index in [0.29, 0.717) is 24.4 Å². The zero-order valence-corrected chi connectivity index (χ0v) is 36.2. The van der Waals surface area contributed by atoms with E-state index in [1.165, 1.54) is 16.7 Å². The van der Waals surface area contributed by atoms with Crippen molar-refractivity contribution in [2.75, 3.05) is 54.9 Å². The van der Waals surface area contributed by atoms with Gasteiger partial charge in [0.25, 0.3) is 0 Å². The molecule has 1 unspecified atom stereocenters. The van der Waals surface area contributed by atoms with Gasteiger partial charge in [-0.3, -0.25) is 4.98 Å². The van der Waals surface area contributed by atoms with E-state index < -0.39 is 12.2 Å². The van der Waals surface area contributed by atoms with Gasteiger partial charge in [0.15, 0.2) is 11.5 Å². The number of phenols is 1. The Kier molecular flexibility index (Phi) is 15.2. The number of likely N-dealkylation sites (tertiary alicyclic amines) is 1. The zero-order chi connectivity index (χ0) is 37.7. The van der Waals surface area contributed by atoms with Gasteiger partial charge in [-0.2, -0.15) is 0 Å². The third kappa shape index (κ3) is 9.11. The number of pyridine rings is 1. The predicted octanol–water partition coefficient (Wildman–Crippen LogP) is 3.08. The molecule has 4 aromatic rings. The number of benzene rings is 3. The number of rotatable bonds is 9. The molecular weight excluding hydrogens is 727 g/mol. The van der Waals surface area contributed by atoms with Crippen LogP contribution in [0.3, 0.4) is 0 Å². The number of likely N-dealkylation sites (N-methyl/N-ethyl adjacent to an activating group) is 2. The average Bonchev–Trinajstić information content (AvgIpc) is 3.52. The van der Waals surface area contributed by atoms with Crippen molar-refractivity contribution in [1.82, 2.24) is 20.1 Å². The molecule has 2 bridgehead atoms. The third-order valence-electron chi connectivity index (χ3n) is 11.2. The van der Waals surface area contributed by atoms with Crippen molar-refractivity contribution < 1.29 is 77.6 Å². The summed E-state index contributed by atoms with van der Waals surface area (Å²) in [6.07, 6.45) is 7.88. The number of aliphatic hydroxyl groups is 2. The molecule has 4 N–H and O–H groups in total. The SMILES string of the molecule is CN(C)CCC(c1ccc(Cl)cc1)c1ccccn1.CNC[C@H](O)c1cccc(O)c1.COc1ccc2c3c1O[C@H]1[C@@H](O)C=C[C@H]4[C@@H](C2)N(C)CC[C@@]341.[H-].[K+]. The fourth-order valence-corrected chi connectivity index (χ4v) is 8.71. The second kappa shape index (κ2) is 19.2. The van der Waals surface area contributed by atoms with Crippen LogP contribution in [0.2, 0.25) is 5.02 Å². The smallest absolute Gasteiger partial charge is 1.00 e. The minimum absolute atomic E-state index is 0. The first-order valence-corrected chi connectivity index (χ1v) is 18.8. The first-order chi connectivity index (χ1) is 25.6. The molecule has 1 saturated heterocycles. The van der Waals surface area contributed by atoms with Crippen molar-refractivity contribution in [1.29, 1.82) is 0 Å². The van der Waals surface area contributed by atoms with Crippen LogP contribution < -0.4 is 66.2 Å². The van der Waals surface area contributed by atoms with Crippen molar-refractivity contribution in [2.45, 2.75) is 54.9 Å². The largest absolute Gasteiger partial charge is 1.00 e. The quantitative estimate of drug-likeness (QED) is 0.151. The van der Waals surface area contributed by atoms with Crippen LogP contribution in [-0.2, 0) is 11.8 Å². The van der Waals surface area contributed by atoms with Crippen molar-refractivity contribution in [3.05, 3.63) is 130 Å². The van der Waals surface area contributed by atoms with Gasteiger partial charge in [0, 0.05) is 52.3 Å². The molecule has 3 heterocycles. The van der Waals surface area contributed by atoms with Crippen LogP contribution in [0, 0.1) is 5.92 Å². The predicted molar refractivity (Wildman–Crippen MR) is 211 cm³/mol. The Labute approximate surface area is 369 Å². The van der Waals surface area contributed by atoms with E-state index in [0.717, 1.165) is 60.1 Å². The second-order valence-electron chi connectivity index (χ2n) is 14.7. The van der Waals surface area contributed by atoms with Crippen LogP contribution in [0.25, 0.3) is 0 Å². The Bertz CT molecular complexity index is 1860. The first kappa shape index (κ1) is 42.8. The van der Waals surface area contributed by atoms with E-state index in [-0.39, 0.29) is 70.1 Å². The van der Waals surface area contributed by atoms with Gasteiger partial charge >= 0.3 is 51.4 Å². The number of methoxy groups -OCH3 is 1. The Morgan fingerprint density at radius 3 is 2.52 bits per heavy atom. The van der Waals surface area contributed by atoms with Crippen LogP contribution >= 0.6 is 11.6 Å². The number of halogens is 1. The molecule has 54 heavy (non-hydrogen) atoms. The maximum absolute atomic E-state index is 10.6. The zero-order valence-electron chi connectivity index (χ0n) is 33.3. The van der Waals surface area contributed by atoms with E-state index in [1.807, 2.05) is 42.6 Å². The monoisotopic (exact) mass is 780 g/mol. The number of piperidine rings is 1. The summed E-state index contributed by atoms with van der Waals surface area (Å²) in [5.41, 5.74) is 5.71. The van der Waals surface area contributed by atoms with Gasteiger partial charge in [-0.05, 0) is 120 Å². The van der Waals surface area contributed by atoms with E-state index in [1.54, 1.807) is 38.4 Å². The summed E-state index contributed by atoms with van der Waals surface area (Å²) in [6.45, 7) is 2.57. The van der Waals surface area contributed by atoms with Crippen molar-refractivity contribution >= 4 is 11.6 Å². The van der Waals surface area contributed by atoms with Gasteiger partial charge < -0.3 is 41.3 Å². The second-order valence-corrected chi connectivity index (χ2v) is 15.2. The molecule has 2 aliphatic heterocycles. The van der Waals surface area contributed by atoms with Crippen LogP contribution in [0.5, 0.6) is 17.2 Å². The fourth-order valence-electron chi connectivity index (χ4n) is 8.58. The fraction of sp³-hybridized carbons (Fsp3) is 0.419. The average molecular weight is 781 g/mol. The van der Waals surface area contributed by atoms with Crippen LogP contribution in [-0.4, -0.2) is 103 Å². The number of nitrogens with one attached hydrogen (secondary N) is 1. The van der Waals surface area contributed by atoms with Gasteiger partial charge in [0.1, 0.15) is 18.0 Å². The van der Waals surface area contributed by atoms with E-state index >= 15 is 0 Å². The van der Waals surface area contributed by atoms with Gasteiger partial charge in [0.05, 0.1) is 13.2 Å². The summed E-state index contributed by atoms with van der Waals surface area (Å²) in [7, 11) is 9.87. The Morgan fingerprint density at radius 1 is 1.07 bits per heavy atom. The number of aliphatic hydroxyl groups excluding tert-OH is 2. The molecule has 7 atom stereocenters. The number of aromatic hydroxyl groups is 1. The molecule has 2 aliphatic carbocycles. The molecular formula is C43H54ClKN4O5. The van der Waals surface area contributed by atoms with Gasteiger partial charge in [0.2, 0.25) is 0 Å². The number of hydrogen-bond acceptors (Lipinski definition) is 9. The number of aromatic nitrogens is 1. The Hall–Kier alpha value is -2.32. The summed E-state index contributed by atoms with van der Waals surface area (Å²) in [6, 6.07) is 25.5. The number of nitrogens with zero attached hydrogens (tertiary/aromatic N) is 3. The third-order valence-corrected chi connectivity index (χ3v) is 11.4. The molecule has 11 heteroatoms. The Balaban J connectivity index is 0.000000188. The van der Waals surface area contributed by atoms with E-state index in [9.17, 15) is 10.2 Å². The summed E-state index contributed by atoms with van der Waals surface area (Å²) in [5, 5.41) is 32.8. The number of ether oxygens (including phenoxy) is 2. The summed E-state index contributed by atoms with van der Waals surface area (Å²) in [4.78, 5) is 9.18. The van der Waals surface area contributed by atoms with Crippen LogP contribution in [0.15, 0.2) is 97.2 Å². The molecule has 0 saturated carbocycles. The molecule has 1 spiro atoms. The maximum Gasteiger partial charge on any atom is 1.00 e. The molecule has 1 fully saturated rings. The molecule has 0 radical (unpaired) electrons. The number of phenolic OH excluding ortho intramolecular Hbond substituents is 1. The van der Waals surface area contributed by atoms with Gasteiger partial charge in [-0.1, -0.05) is 60.2 Å². The topological polar surface area (TPSA) is 111 Å². The molecule has 0 amide bonds. The first-order valence-electron chi connectivity index (χ1n) is 18.4. The maximum atomic E-state index is 10.6. The van der Waals surface area contributed by atoms with E-state index in [4.69, 9.17) is 26.2 Å².